The van der Waals surface area contributed by atoms with Gasteiger partial charge in [-0.15, -0.1) is 0 Å². The van der Waals surface area contributed by atoms with E-state index in [0.717, 1.165) is 11.1 Å². The van der Waals surface area contributed by atoms with Gasteiger partial charge in [0.25, 0.3) is 0 Å². The summed E-state index contributed by atoms with van der Waals surface area (Å²) >= 11 is 5.95. The van der Waals surface area contributed by atoms with Crippen LogP contribution in [0.4, 0.5) is 0 Å². The molecule has 0 amide bonds. The number of carbonyl (C=O) groups is 1. The summed E-state index contributed by atoms with van der Waals surface area (Å²) < 4.78 is 5.32. The Morgan fingerprint density at radius 2 is 1.67 bits per heavy atom. The van der Waals surface area contributed by atoms with Gasteiger partial charge in [0, 0.05) is 0 Å². The molecule has 0 aliphatic carbocycles. The van der Waals surface area contributed by atoms with Gasteiger partial charge in [0.2, 0.25) is 0 Å². The molecule has 2 nitrogen and oxygen atoms in total. The van der Waals surface area contributed by atoms with Gasteiger partial charge in [-0.2, -0.15) is 0 Å². The van der Waals surface area contributed by atoms with Gasteiger partial charge in [-0.3, -0.25) is 0 Å². The van der Waals surface area contributed by atoms with Gasteiger partial charge in [0.1, 0.15) is 5.75 Å². The Bertz CT molecular complexity index is 571. The van der Waals surface area contributed by atoms with Crippen LogP contribution < -0.4 is 4.74 Å². The minimum absolute atomic E-state index is 0.373. The summed E-state index contributed by atoms with van der Waals surface area (Å²) in [5.74, 6) is 0.100. The van der Waals surface area contributed by atoms with Crippen molar-refractivity contribution in [2.24, 2.45) is 0 Å². The van der Waals surface area contributed by atoms with E-state index in [-0.39, 0.29) is 0 Å². The summed E-state index contributed by atoms with van der Waals surface area (Å²) in [6, 6.07) is 12.5. The predicted octanol–water partition coefficient (Wildman–Crippen LogP) is 4.18. The third kappa shape index (κ3) is 2.90. The largest absolute Gasteiger partial charge is 0.423 e. The Labute approximate surface area is 111 Å². The first-order chi connectivity index (χ1) is 8.56. The molecule has 2 aromatic carbocycles. The molecule has 92 valence electrons. The molecular formula is C15H13ClO2. The van der Waals surface area contributed by atoms with Gasteiger partial charge in [-0.05, 0) is 49.2 Å². The first kappa shape index (κ1) is 12.7. The van der Waals surface area contributed by atoms with E-state index in [0.29, 0.717) is 16.3 Å². The molecule has 3 heteroatoms. The SMILES string of the molecule is Cc1cc(C)cc(OC(=O)c2ccccc2Cl)c1. The molecular weight excluding hydrogens is 248 g/mol. The van der Waals surface area contributed by atoms with E-state index in [1.807, 2.05) is 32.0 Å². The van der Waals surface area contributed by atoms with Crippen LogP contribution in [-0.4, -0.2) is 5.97 Å². The second kappa shape index (κ2) is 5.23. The van der Waals surface area contributed by atoms with Gasteiger partial charge in [0.15, 0.2) is 0 Å². The highest BCUT2D eigenvalue weighted by molar-refractivity contribution is 6.33. The molecule has 18 heavy (non-hydrogen) atoms. The Morgan fingerprint density at radius 1 is 1.06 bits per heavy atom. The summed E-state index contributed by atoms with van der Waals surface area (Å²) in [7, 11) is 0. The van der Waals surface area contributed by atoms with E-state index >= 15 is 0 Å². The molecule has 0 heterocycles. The molecule has 0 N–H and O–H groups in total. The maximum atomic E-state index is 12.0. The third-order valence-electron chi connectivity index (χ3n) is 2.50. The van der Waals surface area contributed by atoms with Crippen molar-refractivity contribution in [3.63, 3.8) is 0 Å². The molecule has 0 aliphatic heterocycles. The van der Waals surface area contributed by atoms with Crippen LogP contribution in [0.15, 0.2) is 42.5 Å². The van der Waals surface area contributed by atoms with Crippen molar-refractivity contribution in [1.29, 1.82) is 0 Å². The summed E-state index contributed by atoms with van der Waals surface area (Å²) in [5, 5.41) is 0.395. The molecule has 0 aliphatic rings. The van der Waals surface area contributed by atoms with E-state index in [1.165, 1.54) is 0 Å². The van der Waals surface area contributed by atoms with Crippen LogP contribution in [0.2, 0.25) is 5.02 Å². The molecule has 0 atom stereocenters. The van der Waals surface area contributed by atoms with E-state index in [9.17, 15) is 4.79 Å². The summed E-state index contributed by atoms with van der Waals surface area (Å²) in [4.78, 5) is 12.0. The molecule has 0 unspecified atom stereocenters. The fraction of sp³-hybridized carbons (Fsp3) is 0.133. The van der Waals surface area contributed by atoms with Crippen LogP contribution >= 0.6 is 11.6 Å². The number of carbonyl (C=O) groups excluding carboxylic acids is 1. The maximum Gasteiger partial charge on any atom is 0.345 e. The Kier molecular flexibility index (Phi) is 3.68. The normalized spacial score (nSPS) is 10.2. The molecule has 0 fully saturated rings. The highest BCUT2D eigenvalue weighted by Crippen LogP contribution is 2.20. The number of benzene rings is 2. The highest BCUT2D eigenvalue weighted by atomic mass is 35.5. The fourth-order valence-electron chi connectivity index (χ4n) is 1.78. The first-order valence-electron chi connectivity index (χ1n) is 5.61. The number of halogens is 1. The number of aryl methyl sites for hydroxylation is 2. The minimum Gasteiger partial charge on any atom is -0.423 e. The van der Waals surface area contributed by atoms with Crippen molar-refractivity contribution in [2.75, 3.05) is 0 Å². The average molecular weight is 261 g/mol. The quantitative estimate of drug-likeness (QED) is 0.598. The first-order valence-corrected chi connectivity index (χ1v) is 5.99. The molecule has 2 aromatic rings. The number of rotatable bonds is 2. The molecule has 2 rings (SSSR count). The number of hydrogen-bond donors (Lipinski definition) is 0. The Morgan fingerprint density at radius 3 is 2.28 bits per heavy atom. The van der Waals surface area contributed by atoms with Crippen LogP contribution in [0.5, 0.6) is 5.75 Å². The van der Waals surface area contributed by atoms with E-state index < -0.39 is 5.97 Å². The second-order valence-corrected chi connectivity index (χ2v) is 4.60. The van der Waals surface area contributed by atoms with Crippen molar-refractivity contribution in [3.05, 3.63) is 64.2 Å². The van der Waals surface area contributed by atoms with Gasteiger partial charge in [0.05, 0.1) is 10.6 Å². The lowest BCUT2D eigenvalue weighted by atomic mass is 10.1. The van der Waals surface area contributed by atoms with Crippen molar-refractivity contribution >= 4 is 17.6 Å². The van der Waals surface area contributed by atoms with Crippen molar-refractivity contribution in [3.8, 4) is 5.75 Å². The van der Waals surface area contributed by atoms with Crippen molar-refractivity contribution < 1.29 is 9.53 Å². The topological polar surface area (TPSA) is 26.3 Å². The van der Waals surface area contributed by atoms with Gasteiger partial charge in [-0.1, -0.05) is 29.8 Å². The zero-order chi connectivity index (χ0) is 13.1. The van der Waals surface area contributed by atoms with Crippen LogP contribution in [0.1, 0.15) is 21.5 Å². The third-order valence-corrected chi connectivity index (χ3v) is 2.83. The molecule has 0 radical (unpaired) electrons. The standard InChI is InChI=1S/C15H13ClO2/c1-10-7-11(2)9-12(8-10)18-15(17)13-5-3-4-6-14(13)16/h3-9H,1-2H3. The highest BCUT2D eigenvalue weighted by Gasteiger charge is 2.12. The zero-order valence-corrected chi connectivity index (χ0v) is 11.0. The van der Waals surface area contributed by atoms with E-state index in [1.54, 1.807) is 24.3 Å². The van der Waals surface area contributed by atoms with E-state index in [2.05, 4.69) is 0 Å². The summed E-state index contributed by atoms with van der Waals surface area (Å²) in [6.45, 7) is 3.92. The lowest BCUT2D eigenvalue weighted by Gasteiger charge is -2.07. The maximum absolute atomic E-state index is 12.0. The Hall–Kier alpha value is -1.80. The van der Waals surface area contributed by atoms with Crippen LogP contribution in [0, 0.1) is 13.8 Å². The number of ether oxygens (including phenoxy) is 1. The number of hydrogen-bond acceptors (Lipinski definition) is 2. The molecule has 0 saturated carbocycles. The average Bonchev–Trinajstić information content (AvgIpc) is 2.27. The lowest BCUT2D eigenvalue weighted by Crippen LogP contribution is -2.09. The van der Waals surface area contributed by atoms with Crippen LogP contribution in [0.3, 0.4) is 0 Å². The van der Waals surface area contributed by atoms with Crippen LogP contribution in [-0.2, 0) is 0 Å². The monoisotopic (exact) mass is 260 g/mol. The summed E-state index contributed by atoms with van der Waals surface area (Å²) in [5.41, 5.74) is 2.48. The Balaban J connectivity index is 2.24. The second-order valence-electron chi connectivity index (χ2n) is 4.19. The molecule has 0 bridgehead atoms. The van der Waals surface area contributed by atoms with Gasteiger partial charge >= 0.3 is 5.97 Å². The lowest BCUT2D eigenvalue weighted by molar-refractivity contribution is 0.0735. The zero-order valence-electron chi connectivity index (χ0n) is 10.2. The van der Waals surface area contributed by atoms with E-state index in [4.69, 9.17) is 16.3 Å². The fourth-order valence-corrected chi connectivity index (χ4v) is 1.99. The predicted molar refractivity (Wildman–Crippen MR) is 72.3 cm³/mol. The van der Waals surface area contributed by atoms with Gasteiger partial charge < -0.3 is 4.74 Å². The smallest absolute Gasteiger partial charge is 0.345 e. The van der Waals surface area contributed by atoms with Crippen molar-refractivity contribution in [2.45, 2.75) is 13.8 Å². The van der Waals surface area contributed by atoms with Gasteiger partial charge in [-0.25, -0.2) is 4.79 Å². The number of esters is 1. The molecule has 0 aromatic heterocycles. The molecule has 0 spiro atoms. The molecule has 0 saturated heterocycles. The summed E-state index contributed by atoms with van der Waals surface area (Å²) in [6.07, 6.45) is 0. The van der Waals surface area contributed by atoms with Crippen molar-refractivity contribution in [1.82, 2.24) is 0 Å². The van der Waals surface area contributed by atoms with Crippen LogP contribution in [0.25, 0.3) is 0 Å². The minimum atomic E-state index is -0.439.